The molecular weight excluding hydrogens is 183 g/mol. The summed E-state index contributed by atoms with van der Waals surface area (Å²) in [4.78, 5) is 10.7. The van der Waals surface area contributed by atoms with Gasteiger partial charge in [0.2, 0.25) is 5.91 Å². The first kappa shape index (κ1) is 12.0. The third-order valence-corrected chi connectivity index (χ3v) is 1.29. The van der Waals surface area contributed by atoms with Crippen molar-refractivity contribution >= 4 is 5.91 Å². The van der Waals surface area contributed by atoms with E-state index in [9.17, 15) is 18.0 Å². The van der Waals surface area contributed by atoms with Gasteiger partial charge < -0.3 is 5.32 Å². The van der Waals surface area contributed by atoms with Gasteiger partial charge in [-0.15, -0.1) is 6.58 Å². The molecular formula is C8H12F3NO. The quantitative estimate of drug-likeness (QED) is 0.683. The van der Waals surface area contributed by atoms with Crippen LogP contribution in [0.3, 0.4) is 0 Å². The highest BCUT2D eigenvalue weighted by atomic mass is 19.4. The zero-order valence-electron chi connectivity index (χ0n) is 7.32. The van der Waals surface area contributed by atoms with Gasteiger partial charge in [0.1, 0.15) is 6.42 Å². The fraction of sp³-hybridized carbons (Fsp3) is 0.625. The van der Waals surface area contributed by atoms with Crippen molar-refractivity contribution in [2.24, 2.45) is 0 Å². The maximum atomic E-state index is 11.7. The molecule has 0 heterocycles. The number of carbonyl (C=O) groups is 1. The predicted octanol–water partition coefficient (Wildman–Crippen LogP) is 2.02. The van der Waals surface area contributed by atoms with Crippen molar-refractivity contribution in [3.8, 4) is 0 Å². The smallest absolute Gasteiger partial charge is 0.353 e. The van der Waals surface area contributed by atoms with E-state index in [1.165, 1.54) is 0 Å². The molecule has 0 saturated heterocycles. The van der Waals surface area contributed by atoms with Gasteiger partial charge in [-0.05, 0) is 13.3 Å². The molecule has 76 valence electrons. The third-order valence-electron chi connectivity index (χ3n) is 1.29. The molecule has 0 aliphatic carbocycles. The van der Waals surface area contributed by atoms with Gasteiger partial charge >= 0.3 is 6.18 Å². The number of halogens is 3. The average Bonchev–Trinajstić information content (AvgIpc) is 1.81. The van der Waals surface area contributed by atoms with Gasteiger partial charge in [0.15, 0.2) is 0 Å². The van der Waals surface area contributed by atoms with Gasteiger partial charge in [0.05, 0.1) is 0 Å². The van der Waals surface area contributed by atoms with Crippen LogP contribution in [0.4, 0.5) is 13.2 Å². The van der Waals surface area contributed by atoms with E-state index in [1.807, 2.05) is 0 Å². The Morgan fingerprint density at radius 3 is 2.54 bits per heavy atom. The second-order valence-corrected chi connectivity index (χ2v) is 2.78. The maximum absolute atomic E-state index is 11.7. The van der Waals surface area contributed by atoms with Crippen molar-refractivity contribution in [2.45, 2.75) is 32.0 Å². The molecule has 0 spiro atoms. The van der Waals surface area contributed by atoms with Crippen molar-refractivity contribution in [1.82, 2.24) is 5.32 Å². The second kappa shape index (κ2) is 4.89. The fourth-order valence-corrected chi connectivity index (χ4v) is 0.817. The Kier molecular flexibility index (Phi) is 4.51. The van der Waals surface area contributed by atoms with Crippen molar-refractivity contribution < 1.29 is 18.0 Å². The second-order valence-electron chi connectivity index (χ2n) is 2.78. The van der Waals surface area contributed by atoms with E-state index in [4.69, 9.17) is 0 Å². The fourth-order valence-electron chi connectivity index (χ4n) is 0.817. The van der Waals surface area contributed by atoms with Crippen LogP contribution >= 0.6 is 0 Å². The number of rotatable bonds is 4. The molecule has 0 radical (unpaired) electrons. The Labute approximate surface area is 74.8 Å². The first-order valence-electron chi connectivity index (χ1n) is 3.82. The minimum absolute atomic E-state index is 0.299. The number of amides is 1. The first-order chi connectivity index (χ1) is 5.85. The molecule has 0 aromatic carbocycles. The lowest BCUT2D eigenvalue weighted by Gasteiger charge is -2.12. The molecule has 2 nitrogen and oxygen atoms in total. The molecule has 0 fully saturated rings. The first-order valence-corrected chi connectivity index (χ1v) is 3.82. The molecule has 0 bridgehead atoms. The van der Waals surface area contributed by atoms with Crippen molar-refractivity contribution in [2.75, 3.05) is 0 Å². The predicted molar refractivity (Wildman–Crippen MR) is 43.1 cm³/mol. The lowest BCUT2D eigenvalue weighted by atomic mass is 10.2. The highest BCUT2D eigenvalue weighted by molar-refractivity contribution is 5.76. The summed E-state index contributed by atoms with van der Waals surface area (Å²) in [7, 11) is 0. The van der Waals surface area contributed by atoms with Gasteiger partial charge in [-0.3, -0.25) is 4.79 Å². The molecule has 0 aliphatic rings. The van der Waals surface area contributed by atoms with Gasteiger partial charge in [-0.25, -0.2) is 0 Å². The van der Waals surface area contributed by atoms with E-state index in [2.05, 4.69) is 11.9 Å². The van der Waals surface area contributed by atoms with Crippen LogP contribution in [0.2, 0.25) is 0 Å². The number of carbonyl (C=O) groups excluding carboxylic acids is 1. The van der Waals surface area contributed by atoms with E-state index >= 15 is 0 Å². The SMILES string of the molecule is C=CCC(C)NC(=O)CC(F)(F)F. The van der Waals surface area contributed by atoms with E-state index in [-0.39, 0.29) is 6.04 Å². The summed E-state index contributed by atoms with van der Waals surface area (Å²) in [6.07, 6.45) is -3.85. The number of hydrogen-bond acceptors (Lipinski definition) is 1. The minimum atomic E-state index is -4.43. The zero-order valence-corrected chi connectivity index (χ0v) is 7.32. The Balaban J connectivity index is 3.81. The highest BCUT2D eigenvalue weighted by Gasteiger charge is 2.31. The standard InChI is InChI=1S/C8H12F3NO/c1-3-4-6(2)12-7(13)5-8(9,10)11/h3,6H,1,4-5H2,2H3,(H,12,13). The van der Waals surface area contributed by atoms with Crippen LogP contribution in [0, 0.1) is 0 Å². The molecule has 13 heavy (non-hydrogen) atoms. The van der Waals surface area contributed by atoms with Crippen molar-refractivity contribution in [1.29, 1.82) is 0 Å². The van der Waals surface area contributed by atoms with E-state index in [0.717, 1.165) is 0 Å². The number of hydrogen-bond donors (Lipinski definition) is 1. The monoisotopic (exact) mass is 195 g/mol. The molecule has 5 heteroatoms. The van der Waals surface area contributed by atoms with Crippen LogP contribution in [0.25, 0.3) is 0 Å². The zero-order chi connectivity index (χ0) is 10.5. The lowest BCUT2D eigenvalue weighted by molar-refractivity contribution is -0.154. The van der Waals surface area contributed by atoms with Crippen LogP contribution in [-0.4, -0.2) is 18.1 Å². The van der Waals surface area contributed by atoms with E-state index < -0.39 is 18.5 Å². The molecule has 0 saturated carbocycles. The van der Waals surface area contributed by atoms with Gasteiger partial charge in [-0.2, -0.15) is 13.2 Å². The van der Waals surface area contributed by atoms with Gasteiger partial charge in [-0.1, -0.05) is 6.08 Å². The molecule has 1 unspecified atom stereocenters. The summed E-state index contributed by atoms with van der Waals surface area (Å²) in [6.45, 7) is 5.03. The summed E-state index contributed by atoms with van der Waals surface area (Å²) in [6, 6.07) is -0.299. The molecule has 1 atom stereocenters. The summed E-state index contributed by atoms with van der Waals surface area (Å²) >= 11 is 0. The van der Waals surface area contributed by atoms with Gasteiger partial charge in [0, 0.05) is 6.04 Å². The van der Waals surface area contributed by atoms with Crippen molar-refractivity contribution in [3.63, 3.8) is 0 Å². The maximum Gasteiger partial charge on any atom is 0.397 e. The Bertz CT molecular complexity index is 188. The lowest BCUT2D eigenvalue weighted by Crippen LogP contribution is -2.34. The highest BCUT2D eigenvalue weighted by Crippen LogP contribution is 2.18. The topological polar surface area (TPSA) is 29.1 Å². The molecule has 0 rings (SSSR count). The van der Waals surface area contributed by atoms with Gasteiger partial charge in [0.25, 0.3) is 0 Å². The summed E-state index contributed by atoms with van der Waals surface area (Å²) in [5.74, 6) is -0.998. The molecule has 0 aromatic heterocycles. The summed E-state index contributed by atoms with van der Waals surface area (Å²) in [5, 5.41) is 2.21. The largest absolute Gasteiger partial charge is 0.397 e. The number of nitrogens with one attached hydrogen (secondary N) is 1. The van der Waals surface area contributed by atoms with Crippen LogP contribution in [0.1, 0.15) is 19.8 Å². The Morgan fingerprint density at radius 2 is 2.15 bits per heavy atom. The normalized spacial score (nSPS) is 13.5. The van der Waals surface area contributed by atoms with Crippen LogP contribution in [-0.2, 0) is 4.79 Å². The van der Waals surface area contributed by atoms with Crippen LogP contribution < -0.4 is 5.32 Å². The Morgan fingerprint density at radius 1 is 1.62 bits per heavy atom. The van der Waals surface area contributed by atoms with Crippen LogP contribution in [0.15, 0.2) is 12.7 Å². The van der Waals surface area contributed by atoms with Crippen LogP contribution in [0.5, 0.6) is 0 Å². The number of alkyl halides is 3. The minimum Gasteiger partial charge on any atom is -0.353 e. The van der Waals surface area contributed by atoms with Crippen molar-refractivity contribution in [3.05, 3.63) is 12.7 Å². The molecule has 1 N–H and O–H groups in total. The van der Waals surface area contributed by atoms with E-state index in [0.29, 0.717) is 6.42 Å². The third kappa shape index (κ3) is 7.36. The average molecular weight is 195 g/mol. The molecule has 0 aliphatic heterocycles. The summed E-state index contributed by atoms with van der Waals surface area (Å²) < 4.78 is 35.0. The molecule has 1 amide bonds. The Hall–Kier alpha value is -1.00. The molecule has 0 aromatic rings. The summed E-state index contributed by atoms with van der Waals surface area (Å²) in [5.41, 5.74) is 0. The van der Waals surface area contributed by atoms with E-state index in [1.54, 1.807) is 13.0 Å².